The highest BCUT2D eigenvalue weighted by Crippen LogP contribution is 2.15. The first-order chi connectivity index (χ1) is 6.64. The third-order valence-electron chi connectivity index (χ3n) is 2.07. The van der Waals surface area contributed by atoms with Crippen LogP contribution in [0, 0.1) is 0 Å². The van der Waals surface area contributed by atoms with Crippen molar-refractivity contribution < 1.29 is 18.1 Å². The Labute approximate surface area is 85.9 Å². The summed E-state index contributed by atoms with van der Waals surface area (Å²) < 4.78 is 15.5. The molecule has 0 saturated carbocycles. The van der Waals surface area contributed by atoms with Crippen LogP contribution in [0.4, 0.5) is 0 Å². The van der Waals surface area contributed by atoms with Gasteiger partial charge in [0.1, 0.15) is 5.78 Å². The summed E-state index contributed by atoms with van der Waals surface area (Å²) in [5, 5.41) is 0. The van der Waals surface area contributed by atoms with E-state index in [2.05, 4.69) is 0 Å². The molecular weight excluding hydrogens is 202 g/mol. The summed E-state index contributed by atoms with van der Waals surface area (Å²) in [6.45, 7) is 0.389. The predicted molar refractivity (Wildman–Crippen MR) is 54.9 cm³/mol. The Kier molecular flexibility index (Phi) is 6.94. The maximum Gasteiger partial charge on any atom is 0.500 e. The van der Waals surface area contributed by atoms with E-state index in [4.69, 9.17) is 19.0 Å². The molecule has 14 heavy (non-hydrogen) atoms. The molecule has 0 rings (SSSR count). The summed E-state index contributed by atoms with van der Waals surface area (Å²) in [6.07, 6.45) is 0.806. The molecule has 0 atom stereocenters. The molecule has 0 saturated heterocycles. The van der Waals surface area contributed by atoms with Gasteiger partial charge in [-0.15, -0.1) is 0 Å². The van der Waals surface area contributed by atoms with Crippen LogP contribution >= 0.6 is 0 Å². The van der Waals surface area contributed by atoms with Gasteiger partial charge in [0, 0.05) is 40.2 Å². The minimum Gasteiger partial charge on any atom is -0.377 e. The van der Waals surface area contributed by atoms with Crippen LogP contribution in [-0.2, 0) is 18.1 Å². The molecule has 0 amide bonds. The monoisotopic (exact) mass is 221 g/mol. The van der Waals surface area contributed by atoms with Crippen LogP contribution in [0.25, 0.3) is 0 Å². The maximum absolute atomic E-state index is 11.2. The SMILES string of the molecule is CO[Si](CCC(=O)CCN)(OC)OC. The average Bonchev–Trinajstić information content (AvgIpc) is 2.21. The molecule has 0 heterocycles. The molecule has 0 spiro atoms. The third kappa shape index (κ3) is 4.29. The van der Waals surface area contributed by atoms with Crippen LogP contribution < -0.4 is 5.73 Å². The zero-order chi connectivity index (χ0) is 11.0. The predicted octanol–water partition coefficient (Wildman–Crippen LogP) is 0.172. The molecule has 0 aliphatic heterocycles. The number of Topliss-reactive ketones (excluding diaryl/α,β-unsaturated/α-hetero) is 1. The van der Waals surface area contributed by atoms with Crippen molar-refractivity contribution in [3.8, 4) is 0 Å². The lowest BCUT2D eigenvalue weighted by atomic mass is 10.2. The first-order valence-electron chi connectivity index (χ1n) is 4.51. The third-order valence-corrected chi connectivity index (χ3v) is 4.79. The van der Waals surface area contributed by atoms with Crippen molar-refractivity contribution in [2.45, 2.75) is 18.9 Å². The smallest absolute Gasteiger partial charge is 0.377 e. The van der Waals surface area contributed by atoms with Crippen LogP contribution in [0.5, 0.6) is 0 Å². The van der Waals surface area contributed by atoms with Gasteiger partial charge in [0.05, 0.1) is 0 Å². The molecule has 0 aliphatic rings. The Morgan fingerprint density at radius 1 is 1.14 bits per heavy atom. The van der Waals surface area contributed by atoms with Gasteiger partial charge < -0.3 is 19.0 Å². The molecule has 84 valence electrons. The summed E-state index contributed by atoms with van der Waals surface area (Å²) >= 11 is 0. The van der Waals surface area contributed by atoms with Crippen LogP contribution in [-0.4, -0.2) is 42.5 Å². The van der Waals surface area contributed by atoms with E-state index in [0.717, 1.165) is 0 Å². The first kappa shape index (κ1) is 13.7. The van der Waals surface area contributed by atoms with Gasteiger partial charge in [-0.3, -0.25) is 4.79 Å². The Hall–Kier alpha value is -0.273. The van der Waals surface area contributed by atoms with Crippen molar-refractivity contribution in [2.24, 2.45) is 5.73 Å². The average molecular weight is 221 g/mol. The summed E-state index contributed by atoms with van der Waals surface area (Å²) in [5.74, 6) is 0.121. The normalized spacial score (nSPS) is 11.7. The van der Waals surface area contributed by atoms with Crippen LogP contribution in [0.15, 0.2) is 0 Å². The highest BCUT2D eigenvalue weighted by Gasteiger charge is 2.37. The van der Waals surface area contributed by atoms with E-state index >= 15 is 0 Å². The minimum atomic E-state index is -2.57. The van der Waals surface area contributed by atoms with Gasteiger partial charge in [0.2, 0.25) is 0 Å². The molecule has 2 N–H and O–H groups in total. The highest BCUT2D eigenvalue weighted by molar-refractivity contribution is 6.60. The van der Waals surface area contributed by atoms with E-state index in [1.165, 1.54) is 21.3 Å². The van der Waals surface area contributed by atoms with Crippen LogP contribution in [0.2, 0.25) is 6.04 Å². The van der Waals surface area contributed by atoms with E-state index in [1.54, 1.807) is 0 Å². The topological polar surface area (TPSA) is 70.8 Å². The lowest BCUT2D eigenvalue weighted by Gasteiger charge is -2.23. The Bertz CT molecular complexity index is 164. The number of ketones is 1. The van der Waals surface area contributed by atoms with Crippen LogP contribution in [0.3, 0.4) is 0 Å². The minimum absolute atomic E-state index is 0.121. The summed E-state index contributed by atoms with van der Waals surface area (Å²) in [5.41, 5.74) is 5.26. The highest BCUT2D eigenvalue weighted by atomic mass is 28.4. The lowest BCUT2D eigenvalue weighted by Crippen LogP contribution is -2.43. The molecule has 6 heteroatoms. The maximum atomic E-state index is 11.2. The Balaban J connectivity index is 3.99. The van der Waals surface area contributed by atoms with Gasteiger partial charge in [-0.25, -0.2) is 0 Å². The fraction of sp³-hybridized carbons (Fsp3) is 0.875. The van der Waals surface area contributed by atoms with E-state index in [1.807, 2.05) is 0 Å². The van der Waals surface area contributed by atoms with Crippen molar-refractivity contribution in [2.75, 3.05) is 27.9 Å². The molecule has 0 fully saturated rings. The van der Waals surface area contributed by atoms with Gasteiger partial charge in [0.15, 0.2) is 0 Å². The molecule has 0 aromatic carbocycles. The number of carbonyl (C=O) groups is 1. The number of rotatable bonds is 8. The Morgan fingerprint density at radius 3 is 2.00 bits per heavy atom. The second-order valence-electron chi connectivity index (χ2n) is 2.87. The van der Waals surface area contributed by atoms with Crippen molar-refractivity contribution >= 4 is 14.6 Å². The van der Waals surface area contributed by atoms with E-state index in [9.17, 15) is 4.79 Å². The summed E-state index contributed by atoms with van der Waals surface area (Å²) in [7, 11) is 2.03. The van der Waals surface area contributed by atoms with E-state index in [0.29, 0.717) is 25.4 Å². The fourth-order valence-corrected chi connectivity index (χ4v) is 2.83. The second kappa shape index (κ2) is 7.08. The van der Waals surface area contributed by atoms with Crippen molar-refractivity contribution in [3.63, 3.8) is 0 Å². The van der Waals surface area contributed by atoms with E-state index in [-0.39, 0.29) is 5.78 Å². The Morgan fingerprint density at radius 2 is 1.64 bits per heavy atom. The molecule has 0 aliphatic carbocycles. The molecule has 0 aromatic rings. The molecule has 0 aromatic heterocycles. The number of hydrogen-bond donors (Lipinski definition) is 1. The van der Waals surface area contributed by atoms with Gasteiger partial charge in [0.25, 0.3) is 0 Å². The quantitative estimate of drug-likeness (QED) is 0.592. The molecular formula is C8H19NO4Si. The number of carbonyl (C=O) groups excluding carboxylic acids is 1. The van der Waals surface area contributed by atoms with Gasteiger partial charge in [-0.05, 0) is 6.54 Å². The first-order valence-corrected chi connectivity index (χ1v) is 6.44. The largest absolute Gasteiger partial charge is 0.500 e. The standard InChI is InChI=1S/C8H19NO4Si/c1-11-14(12-2,13-3)7-5-8(10)4-6-9/h4-7,9H2,1-3H3. The lowest BCUT2D eigenvalue weighted by molar-refractivity contribution is -0.118. The summed E-state index contributed by atoms with van der Waals surface area (Å²) in [4.78, 5) is 11.2. The van der Waals surface area contributed by atoms with Crippen molar-refractivity contribution in [3.05, 3.63) is 0 Å². The van der Waals surface area contributed by atoms with E-state index < -0.39 is 8.80 Å². The number of nitrogens with two attached hydrogens (primary N) is 1. The molecule has 0 bridgehead atoms. The fourth-order valence-electron chi connectivity index (χ4n) is 1.13. The molecule has 0 unspecified atom stereocenters. The van der Waals surface area contributed by atoms with Crippen LogP contribution in [0.1, 0.15) is 12.8 Å². The van der Waals surface area contributed by atoms with Gasteiger partial charge >= 0.3 is 8.80 Å². The summed E-state index contributed by atoms with van der Waals surface area (Å²) in [6, 6.07) is 0.509. The second-order valence-corrected chi connectivity index (χ2v) is 5.96. The zero-order valence-corrected chi connectivity index (χ0v) is 10.0. The van der Waals surface area contributed by atoms with Crippen molar-refractivity contribution in [1.29, 1.82) is 0 Å². The number of hydrogen-bond acceptors (Lipinski definition) is 5. The molecule has 5 nitrogen and oxygen atoms in total. The zero-order valence-electron chi connectivity index (χ0n) is 9.04. The van der Waals surface area contributed by atoms with Gasteiger partial charge in [-0.1, -0.05) is 0 Å². The van der Waals surface area contributed by atoms with Gasteiger partial charge in [-0.2, -0.15) is 0 Å². The molecule has 0 radical (unpaired) electrons. The van der Waals surface area contributed by atoms with Crippen molar-refractivity contribution in [1.82, 2.24) is 0 Å².